The van der Waals surface area contributed by atoms with E-state index in [2.05, 4.69) is 26.3 Å². The van der Waals surface area contributed by atoms with Crippen LogP contribution in [0.4, 0.5) is 0 Å². The summed E-state index contributed by atoms with van der Waals surface area (Å²) < 4.78 is 2.69. The molecule has 0 radical (unpaired) electrons. The monoisotopic (exact) mass is 442 g/mol. The molecule has 1 unspecified atom stereocenters. The summed E-state index contributed by atoms with van der Waals surface area (Å²) in [4.78, 5) is 24.8. The van der Waals surface area contributed by atoms with Crippen LogP contribution in [0, 0.1) is 5.41 Å². The Morgan fingerprint density at radius 1 is 1.18 bits per heavy atom. The van der Waals surface area contributed by atoms with Crippen molar-refractivity contribution in [3.8, 4) is 0 Å². The fraction of sp³-hybridized carbons (Fsp3) is 0.286. The molecule has 1 heterocycles. The first-order valence-electron chi connectivity index (χ1n) is 8.97. The summed E-state index contributed by atoms with van der Waals surface area (Å²) in [5, 5.41) is 8.02. The summed E-state index contributed by atoms with van der Waals surface area (Å²) in [5.74, 6) is -0.991. The predicted octanol–water partition coefficient (Wildman–Crippen LogP) is 3.48. The first kappa shape index (κ1) is 20.1. The van der Waals surface area contributed by atoms with E-state index in [1.54, 1.807) is 4.68 Å². The second kappa shape index (κ2) is 7.75. The number of rotatable bonds is 5. The van der Waals surface area contributed by atoms with Gasteiger partial charge in [0.2, 0.25) is 5.91 Å². The number of amides is 2. The molecular weight excluding hydrogens is 420 g/mol. The van der Waals surface area contributed by atoms with Crippen molar-refractivity contribution in [1.29, 1.82) is 0 Å². The van der Waals surface area contributed by atoms with E-state index >= 15 is 0 Å². The van der Waals surface area contributed by atoms with Gasteiger partial charge in [-0.15, -0.1) is 0 Å². The van der Waals surface area contributed by atoms with Crippen LogP contribution >= 0.6 is 15.9 Å². The number of carbonyl (C=O) groups is 2. The number of halogens is 1. The van der Waals surface area contributed by atoms with Gasteiger partial charge in [0.1, 0.15) is 6.04 Å². The topological polar surface area (TPSA) is 90.0 Å². The standard InChI is InChI=1S/C21H23BrN4O2/c1-21(2,3)18(19(23)27)24-20(28)17-15-10-9-14(22)11-16(15)26(25-17)12-13-7-5-4-6-8-13/h4-11,18H,12H2,1-3H3,(H2,23,27)(H,24,28). The van der Waals surface area contributed by atoms with Crippen LogP contribution in [0.1, 0.15) is 36.8 Å². The van der Waals surface area contributed by atoms with Crippen molar-refractivity contribution in [2.45, 2.75) is 33.4 Å². The Balaban J connectivity index is 2.01. The lowest BCUT2D eigenvalue weighted by atomic mass is 9.86. The molecule has 3 N–H and O–H groups in total. The summed E-state index contributed by atoms with van der Waals surface area (Å²) >= 11 is 3.48. The van der Waals surface area contributed by atoms with E-state index in [9.17, 15) is 9.59 Å². The van der Waals surface area contributed by atoms with Gasteiger partial charge in [0.05, 0.1) is 12.1 Å². The highest BCUT2D eigenvalue weighted by Crippen LogP contribution is 2.25. The second-order valence-electron chi connectivity index (χ2n) is 7.83. The molecule has 0 aliphatic carbocycles. The minimum Gasteiger partial charge on any atom is -0.368 e. The SMILES string of the molecule is CC(C)(C)C(NC(=O)c1nn(Cc2ccccc2)c2cc(Br)ccc12)C(N)=O. The zero-order valence-electron chi connectivity index (χ0n) is 16.1. The van der Waals surface area contributed by atoms with Gasteiger partial charge in [-0.05, 0) is 29.2 Å². The molecule has 2 amide bonds. The Hall–Kier alpha value is -2.67. The van der Waals surface area contributed by atoms with Gasteiger partial charge in [-0.2, -0.15) is 5.10 Å². The first-order valence-corrected chi connectivity index (χ1v) is 9.76. The number of primary amides is 1. The molecule has 1 atom stereocenters. The third-order valence-corrected chi connectivity index (χ3v) is 5.02. The average Bonchev–Trinajstić information content (AvgIpc) is 2.97. The van der Waals surface area contributed by atoms with Crippen LogP contribution in [0.15, 0.2) is 53.0 Å². The Labute approximate surface area is 172 Å². The highest BCUT2D eigenvalue weighted by Gasteiger charge is 2.32. The number of fused-ring (bicyclic) bond motifs is 1. The molecule has 0 fully saturated rings. The van der Waals surface area contributed by atoms with Crippen molar-refractivity contribution in [3.63, 3.8) is 0 Å². The van der Waals surface area contributed by atoms with Crippen LogP contribution in [-0.4, -0.2) is 27.6 Å². The Morgan fingerprint density at radius 3 is 2.46 bits per heavy atom. The number of benzene rings is 2. The zero-order valence-corrected chi connectivity index (χ0v) is 17.7. The highest BCUT2D eigenvalue weighted by molar-refractivity contribution is 9.10. The lowest BCUT2D eigenvalue weighted by Gasteiger charge is -2.28. The van der Waals surface area contributed by atoms with Crippen molar-refractivity contribution in [1.82, 2.24) is 15.1 Å². The summed E-state index contributed by atoms with van der Waals surface area (Å²) in [7, 11) is 0. The van der Waals surface area contributed by atoms with E-state index in [4.69, 9.17) is 5.73 Å². The number of nitrogens with two attached hydrogens (primary N) is 1. The summed E-state index contributed by atoms with van der Waals surface area (Å²) in [6, 6.07) is 14.7. The molecule has 0 bridgehead atoms. The van der Waals surface area contributed by atoms with Gasteiger partial charge in [0.25, 0.3) is 5.91 Å². The van der Waals surface area contributed by atoms with Crippen molar-refractivity contribution >= 4 is 38.6 Å². The third-order valence-electron chi connectivity index (χ3n) is 4.53. The van der Waals surface area contributed by atoms with Crippen LogP contribution < -0.4 is 11.1 Å². The van der Waals surface area contributed by atoms with Gasteiger partial charge in [-0.3, -0.25) is 14.3 Å². The maximum Gasteiger partial charge on any atom is 0.273 e. The normalized spacial score (nSPS) is 12.7. The van der Waals surface area contributed by atoms with Crippen molar-refractivity contribution in [2.75, 3.05) is 0 Å². The number of hydrogen-bond acceptors (Lipinski definition) is 3. The molecule has 0 aliphatic heterocycles. The Kier molecular flexibility index (Phi) is 5.56. The van der Waals surface area contributed by atoms with E-state index in [0.29, 0.717) is 11.9 Å². The van der Waals surface area contributed by atoms with Crippen LogP contribution in [0.3, 0.4) is 0 Å². The van der Waals surface area contributed by atoms with Gasteiger partial charge in [-0.25, -0.2) is 0 Å². The number of carbonyl (C=O) groups excluding carboxylic acids is 2. The van der Waals surface area contributed by atoms with Gasteiger partial charge >= 0.3 is 0 Å². The molecule has 146 valence electrons. The lowest BCUT2D eigenvalue weighted by Crippen LogP contribution is -2.52. The van der Waals surface area contributed by atoms with Crippen LogP contribution in [-0.2, 0) is 11.3 Å². The summed E-state index contributed by atoms with van der Waals surface area (Å²) in [6.07, 6.45) is 0. The van der Waals surface area contributed by atoms with Crippen molar-refractivity contribution in [3.05, 3.63) is 64.3 Å². The number of nitrogens with one attached hydrogen (secondary N) is 1. The van der Waals surface area contributed by atoms with Crippen molar-refractivity contribution < 1.29 is 9.59 Å². The second-order valence-corrected chi connectivity index (χ2v) is 8.74. The molecule has 0 aliphatic rings. The Bertz CT molecular complexity index is 1020. The lowest BCUT2D eigenvalue weighted by molar-refractivity contribution is -0.122. The van der Waals surface area contributed by atoms with E-state index < -0.39 is 23.3 Å². The number of nitrogens with zero attached hydrogens (tertiary/aromatic N) is 2. The van der Waals surface area contributed by atoms with Gasteiger partial charge in [0, 0.05) is 9.86 Å². The number of hydrogen-bond donors (Lipinski definition) is 2. The highest BCUT2D eigenvalue weighted by atomic mass is 79.9. The molecule has 0 saturated heterocycles. The average molecular weight is 443 g/mol. The van der Waals surface area contributed by atoms with Gasteiger partial charge < -0.3 is 11.1 Å². The van der Waals surface area contributed by atoms with E-state index in [-0.39, 0.29) is 5.69 Å². The summed E-state index contributed by atoms with van der Waals surface area (Å²) in [6.45, 7) is 6.09. The fourth-order valence-electron chi connectivity index (χ4n) is 3.11. The predicted molar refractivity (Wildman–Crippen MR) is 113 cm³/mol. The Morgan fingerprint density at radius 2 is 1.86 bits per heavy atom. The van der Waals surface area contributed by atoms with Gasteiger partial charge in [0.15, 0.2) is 5.69 Å². The van der Waals surface area contributed by atoms with E-state index in [1.165, 1.54) is 0 Å². The van der Waals surface area contributed by atoms with E-state index in [1.807, 2.05) is 69.3 Å². The molecule has 7 heteroatoms. The molecule has 0 spiro atoms. The largest absolute Gasteiger partial charge is 0.368 e. The molecule has 28 heavy (non-hydrogen) atoms. The molecular formula is C21H23BrN4O2. The first-order chi connectivity index (χ1) is 13.2. The third kappa shape index (κ3) is 4.25. The quantitative estimate of drug-likeness (QED) is 0.633. The molecule has 6 nitrogen and oxygen atoms in total. The van der Waals surface area contributed by atoms with Crippen LogP contribution in [0.5, 0.6) is 0 Å². The summed E-state index contributed by atoms with van der Waals surface area (Å²) in [5.41, 5.74) is 7.17. The minimum atomic E-state index is -0.801. The molecule has 2 aromatic carbocycles. The van der Waals surface area contributed by atoms with Gasteiger partial charge in [-0.1, -0.05) is 67.0 Å². The van der Waals surface area contributed by atoms with Crippen molar-refractivity contribution in [2.24, 2.45) is 11.1 Å². The minimum absolute atomic E-state index is 0.272. The molecule has 3 aromatic rings. The molecule has 0 saturated carbocycles. The zero-order chi connectivity index (χ0) is 20.5. The maximum atomic E-state index is 13.0. The molecule has 1 aromatic heterocycles. The van der Waals surface area contributed by atoms with Crippen LogP contribution in [0.2, 0.25) is 0 Å². The molecule has 3 rings (SSSR count). The maximum absolute atomic E-state index is 13.0. The van der Waals surface area contributed by atoms with E-state index in [0.717, 1.165) is 15.6 Å². The number of aromatic nitrogens is 2. The smallest absolute Gasteiger partial charge is 0.273 e. The van der Waals surface area contributed by atoms with Crippen LogP contribution in [0.25, 0.3) is 10.9 Å². The fourth-order valence-corrected chi connectivity index (χ4v) is 3.45.